The van der Waals surface area contributed by atoms with Crippen molar-refractivity contribution in [2.24, 2.45) is 0 Å². The lowest BCUT2D eigenvalue weighted by Crippen LogP contribution is -2.32. The van der Waals surface area contributed by atoms with Gasteiger partial charge in [0.2, 0.25) is 0 Å². The van der Waals surface area contributed by atoms with Crippen LogP contribution in [0.1, 0.15) is 23.6 Å². The molecule has 1 N–H and O–H groups in total. The number of ketones is 1. The van der Waals surface area contributed by atoms with E-state index >= 15 is 0 Å². The monoisotopic (exact) mass is 463 g/mol. The van der Waals surface area contributed by atoms with E-state index in [0.717, 1.165) is 6.54 Å². The predicted molar refractivity (Wildman–Crippen MR) is 119 cm³/mol. The summed E-state index contributed by atoms with van der Waals surface area (Å²) in [6.07, 6.45) is 3.83. The zero-order valence-electron chi connectivity index (χ0n) is 17.4. The van der Waals surface area contributed by atoms with Crippen LogP contribution < -0.4 is 4.74 Å². The highest BCUT2D eigenvalue weighted by Gasteiger charge is 2.45. The maximum atomic E-state index is 13.0. The molecule has 1 aliphatic rings. The van der Waals surface area contributed by atoms with Crippen molar-refractivity contribution in [2.45, 2.75) is 12.5 Å². The Kier molecular flexibility index (Phi) is 7.20. The molecule has 0 saturated carbocycles. The molecule has 1 aromatic carbocycles. The average Bonchev–Trinajstić information content (AvgIpc) is 2.98. The molecule has 1 aliphatic heterocycles. The van der Waals surface area contributed by atoms with E-state index in [4.69, 9.17) is 27.9 Å². The number of carbonyl (C=O) groups is 2. The summed E-state index contributed by atoms with van der Waals surface area (Å²) in [7, 11) is 5.30. The Morgan fingerprint density at radius 1 is 1.19 bits per heavy atom. The first kappa shape index (κ1) is 23.1. The number of hydrogen-bond acceptors (Lipinski definition) is 6. The summed E-state index contributed by atoms with van der Waals surface area (Å²) in [6, 6.07) is 5.59. The van der Waals surface area contributed by atoms with Gasteiger partial charge in [0.25, 0.3) is 11.7 Å². The number of aliphatic hydroxyl groups is 1. The lowest BCUT2D eigenvalue weighted by Gasteiger charge is -2.25. The fraction of sp³-hybridized carbons (Fsp3) is 0.318. The summed E-state index contributed by atoms with van der Waals surface area (Å²) in [6.45, 7) is 1.10. The number of methoxy groups -OCH3 is 1. The van der Waals surface area contributed by atoms with Gasteiger partial charge in [0.15, 0.2) is 5.75 Å². The van der Waals surface area contributed by atoms with Crippen molar-refractivity contribution in [1.82, 2.24) is 14.8 Å². The van der Waals surface area contributed by atoms with E-state index in [1.54, 1.807) is 24.5 Å². The fourth-order valence-corrected chi connectivity index (χ4v) is 4.25. The van der Waals surface area contributed by atoms with Crippen LogP contribution in [0.5, 0.6) is 5.75 Å². The van der Waals surface area contributed by atoms with Crippen LogP contribution >= 0.6 is 23.2 Å². The van der Waals surface area contributed by atoms with Crippen molar-refractivity contribution >= 4 is 40.7 Å². The zero-order chi connectivity index (χ0) is 22.7. The third kappa shape index (κ3) is 4.69. The second-order valence-corrected chi connectivity index (χ2v) is 8.22. The van der Waals surface area contributed by atoms with Gasteiger partial charge in [-0.15, -0.1) is 0 Å². The molecule has 0 aliphatic carbocycles. The van der Waals surface area contributed by atoms with Gasteiger partial charge in [-0.25, -0.2) is 0 Å². The van der Waals surface area contributed by atoms with E-state index in [0.29, 0.717) is 18.5 Å². The van der Waals surface area contributed by atoms with Crippen LogP contribution in [0.4, 0.5) is 0 Å². The molecule has 0 radical (unpaired) electrons. The lowest BCUT2D eigenvalue weighted by atomic mass is 9.96. The number of pyridine rings is 1. The first-order chi connectivity index (χ1) is 14.8. The number of aliphatic hydroxyl groups excluding tert-OH is 1. The lowest BCUT2D eigenvalue weighted by molar-refractivity contribution is -0.139. The van der Waals surface area contributed by atoms with Crippen molar-refractivity contribution in [1.29, 1.82) is 0 Å². The Balaban J connectivity index is 2.12. The van der Waals surface area contributed by atoms with Crippen molar-refractivity contribution in [2.75, 3.05) is 34.3 Å². The largest absolute Gasteiger partial charge is 0.507 e. The van der Waals surface area contributed by atoms with Crippen LogP contribution in [0, 0.1) is 0 Å². The van der Waals surface area contributed by atoms with Crippen LogP contribution in [-0.4, -0.2) is 65.9 Å². The van der Waals surface area contributed by atoms with Gasteiger partial charge < -0.3 is 19.6 Å². The van der Waals surface area contributed by atoms with E-state index in [2.05, 4.69) is 4.98 Å². The predicted octanol–water partition coefficient (Wildman–Crippen LogP) is 3.77. The Labute approximate surface area is 190 Å². The minimum absolute atomic E-state index is 0.0154. The highest BCUT2D eigenvalue weighted by Crippen LogP contribution is 2.41. The summed E-state index contributed by atoms with van der Waals surface area (Å²) in [5.74, 6) is -1.50. The smallest absolute Gasteiger partial charge is 0.295 e. The zero-order valence-corrected chi connectivity index (χ0v) is 18.9. The van der Waals surface area contributed by atoms with Gasteiger partial charge in [-0.3, -0.25) is 14.6 Å². The van der Waals surface area contributed by atoms with Crippen LogP contribution in [0.2, 0.25) is 10.0 Å². The summed E-state index contributed by atoms with van der Waals surface area (Å²) < 4.78 is 5.14. The highest BCUT2D eigenvalue weighted by atomic mass is 35.5. The molecule has 1 unspecified atom stereocenters. The molecule has 0 spiro atoms. The summed E-state index contributed by atoms with van der Waals surface area (Å²) in [4.78, 5) is 33.4. The van der Waals surface area contributed by atoms with Crippen LogP contribution in [0.25, 0.3) is 5.76 Å². The number of aromatic nitrogens is 1. The second-order valence-electron chi connectivity index (χ2n) is 7.40. The van der Waals surface area contributed by atoms with Gasteiger partial charge >= 0.3 is 0 Å². The standard InChI is InChI=1S/C22H23Cl2N3O4/c1-26(2)9-4-10-27-18(13-5-7-25-8-6-13)17(20(29)22(27)30)19(28)14-11-15(23)21(31-3)16(24)12-14/h5-8,11-12,18,28H,4,9-10H2,1-3H3/b19-17+. The van der Waals surface area contributed by atoms with Gasteiger partial charge in [-0.1, -0.05) is 23.2 Å². The van der Waals surface area contributed by atoms with Crippen LogP contribution in [0.3, 0.4) is 0 Å². The number of likely N-dealkylation sites (tertiary alicyclic amines) is 1. The van der Waals surface area contributed by atoms with Crippen molar-refractivity contribution in [3.8, 4) is 5.75 Å². The molecule has 31 heavy (non-hydrogen) atoms. The number of benzene rings is 1. The highest BCUT2D eigenvalue weighted by molar-refractivity contribution is 6.46. The molecular formula is C22H23Cl2N3O4. The summed E-state index contributed by atoms with van der Waals surface area (Å²) in [5.41, 5.74) is 0.880. The number of rotatable bonds is 7. The molecule has 9 heteroatoms. The third-order valence-electron chi connectivity index (χ3n) is 5.04. The molecule has 2 heterocycles. The van der Waals surface area contributed by atoms with Gasteiger partial charge in [-0.05, 0) is 56.9 Å². The molecule has 3 rings (SSSR count). The molecule has 0 bridgehead atoms. The quantitative estimate of drug-likeness (QED) is 0.382. The molecule has 164 valence electrons. The fourth-order valence-electron chi connectivity index (χ4n) is 3.61. The SMILES string of the molecule is COc1c(Cl)cc(/C(O)=C2\C(=O)C(=O)N(CCCN(C)C)C2c2ccncc2)cc1Cl. The molecule has 1 fully saturated rings. The Morgan fingerprint density at radius 3 is 2.35 bits per heavy atom. The maximum Gasteiger partial charge on any atom is 0.295 e. The molecule has 1 atom stereocenters. The maximum absolute atomic E-state index is 13.0. The first-order valence-electron chi connectivity index (χ1n) is 9.62. The van der Waals surface area contributed by atoms with Crippen molar-refractivity contribution in [3.05, 3.63) is 63.4 Å². The number of Topliss-reactive ketones (excluding diaryl/α,β-unsaturated/α-hetero) is 1. The summed E-state index contributed by atoms with van der Waals surface area (Å²) >= 11 is 12.4. The van der Waals surface area contributed by atoms with Gasteiger partial charge in [0.05, 0.1) is 28.8 Å². The Morgan fingerprint density at radius 2 is 1.81 bits per heavy atom. The molecule has 1 amide bonds. The third-order valence-corrected chi connectivity index (χ3v) is 5.60. The van der Waals surface area contributed by atoms with Crippen LogP contribution in [-0.2, 0) is 9.59 Å². The van der Waals surface area contributed by atoms with Gasteiger partial charge in [-0.2, -0.15) is 0 Å². The molecular weight excluding hydrogens is 441 g/mol. The number of carbonyl (C=O) groups excluding carboxylic acids is 2. The van der Waals surface area contributed by atoms with E-state index < -0.39 is 17.7 Å². The minimum atomic E-state index is -0.757. The number of hydrogen-bond donors (Lipinski definition) is 1. The average molecular weight is 464 g/mol. The van der Waals surface area contributed by atoms with Gasteiger partial charge in [0.1, 0.15) is 5.76 Å². The number of halogens is 2. The van der Waals surface area contributed by atoms with E-state index in [1.165, 1.54) is 24.1 Å². The van der Waals surface area contributed by atoms with E-state index in [-0.39, 0.29) is 32.7 Å². The van der Waals surface area contributed by atoms with Crippen LogP contribution in [0.15, 0.2) is 42.2 Å². The number of ether oxygens (including phenoxy) is 1. The topological polar surface area (TPSA) is 83.0 Å². The summed E-state index contributed by atoms with van der Waals surface area (Å²) in [5, 5.41) is 11.4. The Bertz CT molecular complexity index is 1000. The normalized spacial score (nSPS) is 18.1. The number of amides is 1. The molecule has 7 nitrogen and oxygen atoms in total. The number of nitrogens with zero attached hydrogens (tertiary/aromatic N) is 3. The minimum Gasteiger partial charge on any atom is -0.507 e. The molecule has 1 aromatic heterocycles. The first-order valence-corrected chi connectivity index (χ1v) is 10.4. The van der Waals surface area contributed by atoms with E-state index in [9.17, 15) is 14.7 Å². The van der Waals surface area contributed by atoms with Crippen molar-refractivity contribution < 1.29 is 19.4 Å². The van der Waals surface area contributed by atoms with Gasteiger partial charge in [0, 0.05) is 24.5 Å². The molecule has 1 saturated heterocycles. The van der Waals surface area contributed by atoms with Crippen molar-refractivity contribution in [3.63, 3.8) is 0 Å². The second kappa shape index (κ2) is 9.68. The molecule has 2 aromatic rings. The Hall–Kier alpha value is -2.61. The van der Waals surface area contributed by atoms with E-state index in [1.807, 2.05) is 19.0 Å².